The first-order valence-corrected chi connectivity index (χ1v) is 9.04. The molecule has 3 heterocycles. The van der Waals surface area contributed by atoms with Crippen LogP contribution in [0.5, 0.6) is 0 Å². The molecule has 0 saturated heterocycles. The number of pyridine rings is 1. The van der Waals surface area contributed by atoms with E-state index in [-0.39, 0.29) is 5.56 Å². The van der Waals surface area contributed by atoms with Gasteiger partial charge >= 0.3 is 0 Å². The van der Waals surface area contributed by atoms with Crippen molar-refractivity contribution in [2.24, 2.45) is 0 Å². The van der Waals surface area contributed by atoms with Gasteiger partial charge in [0.2, 0.25) is 0 Å². The highest BCUT2D eigenvalue weighted by atomic mass is 35.5. The number of H-pyrrole nitrogens is 1. The Bertz CT molecular complexity index is 1000. The maximum atomic E-state index is 12.6. The van der Waals surface area contributed by atoms with Crippen molar-refractivity contribution in [2.45, 2.75) is 19.5 Å². The number of benzene rings is 1. The molecule has 3 aromatic rings. The number of nitrogens with one attached hydrogen (secondary N) is 1. The Hall–Kier alpha value is -2.21. The molecule has 4 rings (SSSR count). The Morgan fingerprint density at radius 1 is 1.12 bits per heavy atom. The molecular formula is C19H16Cl2N4O. The van der Waals surface area contributed by atoms with Gasteiger partial charge in [-0.1, -0.05) is 29.3 Å². The highest BCUT2D eigenvalue weighted by molar-refractivity contribution is 6.42. The second kappa shape index (κ2) is 7.19. The van der Waals surface area contributed by atoms with Gasteiger partial charge in [-0.3, -0.25) is 14.7 Å². The van der Waals surface area contributed by atoms with E-state index in [0.29, 0.717) is 29.0 Å². The van der Waals surface area contributed by atoms with Crippen molar-refractivity contribution in [1.82, 2.24) is 19.9 Å². The van der Waals surface area contributed by atoms with E-state index in [9.17, 15) is 4.79 Å². The highest BCUT2D eigenvalue weighted by Crippen LogP contribution is 2.25. The van der Waals surface area contributed by atoms with Crippen molar-refractivity contribution < 1.29 is 0 Å². The molecule has 0 aliphatic carbocycles. The quantitative estimate of drug-likeness (QED) is 0.745. The average molecular weight is 387 g/mol. The Labute approximate surface area is 160 Å². The first-order chi connectivity index (χ1) is 12.6. The normalized spacial score (nSPS) is 14.2. The Balaban J connectivity index is 1.57. The number of hydrogen-bond acceptors (Lipinski definition) is 4. The molecule has 132 valence electrons. The van der Waals surface area contributed by atoms with Crippen molar-refractivity contribution >= 4 is 23.2 Å². The summed E-state index contributed by atoms with van der Waals surface area (Å²) in [6, 6.07) is 9.30. The molecule has 5 nitrogen and oxygen atoms in total. The lowest BCUT2D eigenvalue weighted by molar-refractivity contribution is 0.242. The number of halogens is 2. The fourth-order valence-electron chi connectivity index (χ4n) is 3.16. The van der Waals surface area contributed by atoms with Gasteiger partial charge < -0.3 is 4.98 Å². The summed E-state index contributed by atoms with van der Waals surface area (Å²) in [7, 11) is 0. The molecule has 2 aromatic heterocycles. The van der Waals surface area contributed by atoms with Crippen LogP contribution < -0.4 is 5.56 Å². The summed E-state index contributed by atoms with van der Waals surface area (Å²) in [5, 5.41) is 1.09. The zero-order chi connectivity index (χ0) is 18.1. The zero-order valence-corrected chi connectivity index (χ0v) is 15.4. The maximum Gasteiger partial charge on any atom is 0.255 e. The van der Waals surface area contributed by atoms with Gasteiger partial charge in [0, 0.05) is 44.0 Å². The van der Waals surface area contributed by atoms with Crippen LogP contribution in [0.15, 0.2) is 47.5 Å². The molecule has 0 fully saturated rings. The van der Waals surface area contributed by atoms with Crippen LogP contribution in [-0.4, -0.2) is 26.4 Å². The van der Waals surface area contributed by atoms with Crippen LogP contribution >= 0.6 is 23.2 Å². The maximum absolute atomic E-state index is 12.6. The number of aromatic amines is 1. The molecule has 26 heavy (non-hydrogen) atoms. The topological polar surface area (TPSA) is 61.9 Å². The number of rotatable bonds is 3. The molecule has 7 heteroatoms. The van der Waals surface area contributed by atoms with Crippen LogP contribution in [0.3, 0.4) is 0 Å². The van der Waals surface area contributed by atoms with E-state index in [1.54, 1.807) is 18.5 Å². The Kier molecular flexibility index (Phi) is 4.76. The average Bonchev–Trinajstić information content (AvgIpc) is 2.66. The molecule has 0 unspecified atom stereocenters. The largest absolute Gasteiger partial charge is 0.306 e. The van der Waals surface area contributed by atoms with Crippen LogP contribution in [0, 0.1) is 0 Å². The van der Waals surface area contributed by atoms with Gasteiger partial charge in [0.1, 0.15) is 5.82 Å². The third kappa shape index (κ3) is 3.51. The van der Waals surface area contributed by atoms with E-state index < -0.39 is 0 Å². The minimum Gasteiger partial charge on any atom is -0.306 e. The van der Waals surface area contributed by atoms with Crippen LogP contribution in [0.25, 0.3) is 11.4 Å². The van der Waals surface area contributed by atoms with Crippen molar-refractivity contribution in [3.63, 3.8) is 0 Å². The van der Waals surface area contributed by atoms with Crippen LogP contribution in [0.1, 0.15) is 16.8 Å². The van der Waals surface area contributed by atoms with Crippen molar-refractivity contribution in [3.8, 4) is 11.4 Å². The van der Waals surface area contributed by atoms with Gasteiger partial charge in [-0.05, 0) is 29.8 Å². The summed E-state index contributed by atoms with van der Waals surface area (Å²) in [5.41, 5.74) is 3.44. The van der Waals surface area contributed by atoms with Crippen LogP contribution in [0.2, 0.25) is 10.0 Å². The van der Waals surface area contributed by atoms with Gasteiger partial charge in [0.25, 0.3) is 5.56 Å². The van der Waals surface area contributed by atoms with Gasteiger partial charge in [-0.15, -0.1) is 0 Å². The molecule has 0 bridgehead atoms. The smallest absolute Gasteiger partial charge is 0.255 e. The second-order valence-corrected chi connectivity index (χ2v) is 7.10. The SMILES string of the molecule is O=c1[nH]c(-c2ccncc2)nc2c1CN(Cc1ccc(Cl)c(Cl)c1)CC2. The lowest BCUT2D eigenvalue weighted by Crippen LogP contribution is -2.35. The highest BCUT2D eigenvalue weighted by Gasteiger charge is 2.21. The first-order valence-electron chi connectivity index (χ1n) is 8.29. The van der Waals surface area contributed by atoms with E-state index >= 15 is 0 Å². The number of nitrogens with zero attached hydrogens (tertiary/aromatic N) is 3. The van der Waals surface area contributed by atoms with Gasteiger partial charge in [0.05, 0.1) is 21.3 Å². The number of fused-ring (bicyclic) bond motifs is 1. The lowest BCUT2D eigenvalue weighted by atomic mass is 10.1. The second-order valence-electron chi connectivity index (χ2n) is 6.28. The molecule has 1 aliphatic heterocycles. The molecule has 0 atom stereocenters. The van der Waals surface area contributed by atoms with E-state index in [4.69, 9.17) is 23.2 Å². The lowest BCUT2D eigenvalue weighted by Gasteiger charge is -2.27. The molecule has 1 aromatic carbocycles. The van der Waals surface area contributed by atoms with Gasteiger partial charge in [0.15, 0.2) is 0 Å². The van der Waals surface area contributed by atoms with Crippen molar-refractivity contribution in [3.05, 3.63) is 79.9 Å². The molecule has 0 spiro atoms. The predicted octanol–water partition coefficient (Wildman–Crippen LogP) is 3.70. The van der Waals surface area contributed by atoms with Crippen molar-refractivity contribution in [2.75, 3.05) is 6.54 Å². The molecule has 0 amide bonds. The Morgan fingerprint density at radius 3 is 2.69 bits per heavy atom. The monoisotopic (exact) mass is 386 g/mol. The van der Waals surface area contributed by atoms with Crippen molar-refractivity contribution in [1.29, 1.82) is 0 Å². The minimum absolute atomic E-state index is 0.0827. The summed E-state index contributed by atoms with van der Waals surface area (Å²) >= 11 is 12.1. The standard InChI is InChI=1S/C19H16Cl2N4O/c20-15-2-1-12(9-16(15)21)10-25-8-5-17-14(11-25)19(26)24-18(23-17)13-3-6-22-7-4-13/h1-4,6-7,9H,5,8,10-11H2,(H,23,24,26). The number of aromatic nitrogens is 3. The fraction of sp³-hybridized carbons (Fsp3) is 0.211. The van der Waals surface area contributed by atoms with E-state index in [1.165, 1.54) is 0 Å². The fourth-order valence-corrected chi connectivity index (χ4v) is 3.48. The van der Waals surface area contributed by atoms with Gasteiger partial charge in [-0.25, -0.2) is 4.98 Å². The molecule has 1 N–H and O–H groups in total. The minimum atomic E-state index is -0.0827. The van der Waals surface area contributed by atoms with Gasteiger partial charge in [-0.2, -0.15) is 0 Å². The molecule has 0 saturated carbocycles. The van der Waals surface area contributed by atoms with Crippen LogP contribution in [0.4, 0.5) is 0 Å². The summed E-state index contributed by atoms with van der Waals surface area (Å²) in [6.45, 7) is 2.11. The van der Waals surface area contributed by atoms with E-state index in [1.807, 2.05) is 24.3 Å². The summed E-state index contributed by atoms with van der Waals surface area (Å²) in [4.78, 5) is 26.3. The zero-order valence-electron chi connectivity index (χ0n) is 13.9. The summed E-state index contributed by atoms with van der Waals surface area (Å²) in [6.07, 6.45) is 4.11. The number of hydrogen-bond donors (Lipinski definition) is 1. The summed E-state index contributed by atoms with van der Waals surface area (Å²) in [5.74, 6) is 0.592. The molecular weight excluding hydrogens is 371 g/mol. The first kappa shape index (κ1) is 17.2. The predicted molar refractivity (Wildman–Crippen MR) is 102 cm³/mol. The Morgan fingerprint density at radius 2 is 1.92 bits per heavy atom. The third-order valence-corrected chi connectivity index (χ3v) is 5.23. The third-order valence-electron chi connectivity index (χ3n) is 4.49. The van der Waals surface area contributed by atoms with E-state index in [0.717, 1.165) is 35.3 Å². The van der Waals surface area contributed by atoms with E-state index in [2.05, 4.69) is 19.9 Å². The molecule has 1 aliphatic rings. The molecule has 0 radical (unpaired) electrons. The summed E-state index contributed by atoms with van der Waals surface area (Å²) < 4.78 is 0. The van der Waals surface area contributed by atoms with Crippen LogP contribution in [-0.2, 0) is 19.5 Å².